The lowest BCUT2D eigenvalue weighted by molar-refractivity contribution is 0.0779. The minimum atomic E-state index is -0.0841. The molecule has 0 bridgehead atoms. The number of halogens is 1. The van der Waals surface area contributed by atoms with Crippen molar-refractivity contribution < 1.29 is 4.79 Å². The maximum atomic E-state index is 12.3. The first-order chi connectivity index (χ1) is 9.97. The molecule has 1 aromatic carbocycles. The third-order valence-electron chi connectivity index (χ3n) is 3.17. The largest absolute Gasteiger partial charge is 0.378 e. The lowest BCUT2D eigenvalue weighted by atomic mass is 10.2. The molecule has 110 valence electrons. The Morgan fingerprint density at radius 3 is 2.29 bits per heavy atom. The molecule has 1 heterocycles. The van der Waals surface area contributed by atoms with Gasteiger partial charge in [-0.2, -0.15) is 0 Å². The maximum Gasteiger partial charge on any atom is 0.272 e. The predicted octanol–water partition coefficient (Wildman–Crippen LogP) is 3.18. The van der Waals surface area contributed by atoms with Crippen LogP contribution in [-0.2, 0) is 6.54 Å². The van der Waals surface area contributed by atoms with E-state index in [1.807, 2.05) is 49.3 Å². The first-order valence-corrected chi connectivity index (χ1v) is 7.40. The van der Waals surface area contributed by atoms with E-state index >= 15 is 0 Å². The Bertz CT molecular complexity index is 608. The van der Waals surface area contributed by atoms with Gasteiger partial charge in [-0.3, -0.25) is 4.79 Å². The van der Waals surface area contributed by atoms with E-state index in [9.17, 15) is 4.79 Å². The van der Waals surface area contributed by atoms with Gasteiger partial charge in [-0.25, -0.2) is 4.98 Å². The Kier molecular flexibility index (Phi) is 4.96. The number of nitrogens with zero attached hydrogens (tertiary/aromatic N) is 3. The first kappa shape index (κ1) is 15.5. The zero-order chi connectivity index (χ0) is 15.4. The highest BCUT2D eigenvalue weighted by atomic mass is 79.9. The quantitative estimate of drug-likeness (QED) is 0.852. The summed E-state index contributed by atoms with van der Waals surface area (Å²) < 4.78 is 0.862. The number of carbonyl (C=O) groups excluding carboxylic acids is 1. The fourth-order valence-corrected chi connectivity index (χ4v) is 2.18. The zero-order valence-corrected chi connectivity index (χ0v) is 14.0. The molecule has 0 fully saturated rings. The molecule has 0 saturated carbocycles. The van der Waals surface area contributed by atoms with Crippen LogP contribution in [0, 0.1) is 0 Å². The Labute approximate surface area is 133 Å². The number of rotatable bonds is 4. The molecule has 2 rings (SSSR count). The standard InChI is InChI=1S/C16H18BrN3O/c1-19(2)14-7-4-12(5-8-14)11-20(3)16(21)15-9-6-13(17)10-18-15/h4-10H,11H2,1-3H3. The molecular weight excluding hydrogens is 330 g/mol. The molecule has 0 spiro atoms. The summed E-state index contributed by atoms with van der Waals surface area (Å²) in [5.74, 6) is -0.0841. The Morgan fingerprint density at radius 2 is 1.76 bits per heavy atom. The van der Waals surface area contributed by atoms with Gasteiger partial charge < -0.3 is 9.80 Å². The van der Waals surface area contributed by atoms with Gasteiger partial charge >= 0.3 is 0 Å². The van der Waals surface area contributed by atoms with Crippen molar-refractivity contribution in [3.8, 4) is 0 Å². The highest BCUT2D eigenvalue weighted by molar-refractivity contribution is 9.10. The molecule has 0 saturated heterocycles. The number of hydrogen-bond donors (Lipinski definition) is 0. The third-order valence-corrected chi connectivity index (χ3v) is 3.63. The SMILES string of the molecule is CN(Cc1ccc(N(C)C)cc1)C(=O)c1ccc(Br)cn1. The summed E-state index contributed by atoms with van der Waals surface area (Å²) >= 11 is 3.31. The van der Waals surface area contributed by atoms with E-state index in [0.717, 1.165) is 15.7 Å². The van der Waals surface area contributed by atoms with Gasteiger partial charge in [-0.1, -0.05) is 12.1 Å². The Morgan fingerprint density at radius 1 is 1.10 bits per heavy atom. The molecule has 0 aliphatic rings. The minimum Gasteiger partial charge on any atom is -0.378 e. The van der Waals surface area contributed by atoms with Crippen LogP contribution in [0.1, 0.15) is 16.1 Å². The van der Waals surface area contributed by atoms with E-state index in [1.54, 1.807) is 24.2 Å². The summed E-state index contributed by atoms with van der Waals surface area (Å²) in [6.07, 6.45) is 1.63. The van der Waals surface area contributed by atoms with Crippen molar-refractivity contribution in [1.29, 1.82) is 0 Å². The molecule has 4 nitrogen and oxygen atoms in total. The fourth-order valence-electron chi connectivity index (χ4n) is 1.94. The average molecular weight is 348 g/mol. The summed E-state index contributed by atoms with van der Waals surface area (Å²) in [7, 11) is 5.79. The summed E-state index contributed by atoms with van der Waals surface area (Å²) in [6.45, 7) is 0.560. The van der Waals surface area contributed by atoms with E-state index in [1.165, 1.54) is 0 Å². The molecule has 0 atom stereocenters. The number of hydrogen-bond acceptors (Lipinski definition) is 3. The van der Waals surface area contributed by atoms with Crippen LogP contribution < -0.4 is 4.90 Å². The molecule has 21 heavy (non-hydrogen) atoms. The molecule has 2 aromatic rings. The molecule has 5 heteroatoms. The highest BCUT2D eigenvalue weighted by Gasteiger charge is 2.13. The molecule has 0 radical (unpaired) electrons. The zero-order valence-electron chi connectivity index (χ0n) is 12.4. The topological polar surface area (TPSA) is 36.4 Å². The lowest BCUT2D eigenvalue weighted by Gasteiger charge is -2.18. The van der Waals surface area contributed by atoms with Crippen molar-refractivity contribution >= 4 is 27.5 Å². The summed E-state index contributed by atoms with van der Waals surface area (Å²) in [5.41, 5.74) is 2.68. The summed E-state index contributed by atoms with van der Waals surface area (Å²) in [4.78, 5) is 20.1. The molecule has 0 aliphatic heterocycles. The highest BCUT2D eigenvalue weighted by Crippen LogP contribution is 2.14. The monoisotopic (exact) mass is 347 g/mol. The normalized spacial score (nSPS) is 10.3. The van der Waals surface area contributed by atoms with Gasteiger partial charge in [0, 0.05) is 44.0 Å². The summed E-state index contributed by atoms with van der Waals surface area (Å²) in [6, 6.07) is 11.7. The second kappa shape index (κ2) is 6.72. The van der Waals surface area contributed by atoms with Crippen LogP contribution in [-0.4, -0.2) is 36.9 Å². The van der Waals surface area contributed by atoms with E-state index in [-0.39, 0.29) is 5.91 Å². The van der Waals surface area contributed by atoms with Crippen molar-refractivity contribution in [2.75, 3.05) is 26.0 Å². The molecular formula is C16H18BrN3O. The fraction of sp³-hybridized carbons (Fsp3) is 0.250. The number of benzene rings is 1. The van der Waals surface area contributed by atoms with Crippen LogP contribution >= 0.6 is 15.9 Å². The van der Waals surface area contributed by atoms with E-state index < -0.39 is 0 Å². The van der Waals surface area contributed by atoms with Crippen LogP contribution in [0.4, 0.5) is 5.69 Å². The Balaban J connectivity index is 2.05. The van der Waals surface area contributed by atoms with Crippen molar-refractivity contribution in [3.05, 3.63) is 58.3 Å². The molecule has 0 N–H and O–H groups in total. The average Bonchev–Trinajstić information content (AvgIpc) is 2.47. The molecule has 0 unspecified atom stereocenters. The van der Waals surface area contributed by atoms with Crippen LogP contribution in [0.5, 0.6) is 0 Å². The maximum absolute atomic E-state index is 12.3. The van der Waals surface area contributed by atoms with Gasteiger partial charge in [0.2, 0.25) is 0 Å². The van der Waals surface area contributed by atoms with Crippen molar-refractivity contribution in [2.45, 2.75) is 6.54 Å². The number of aromatic nitrogens is 1. The van der Waals surface area contributed by atoms with Gasteiger partial charge in [-0.15, -0.1) is 0 Å². The van der Waals surface area contributed by atoms with Gasteiger partial charge in [0.05, 0.1) is 0 Å². The molecule has 0 aliphatic carbocycles. The minimum absolute atomic E-state index is 0.0841. The predicted molar refractivity (Wildman–Crippen MR) is 88.5 cm³/mol. The molecule has 1 amide bonds. The van der Waals surface area contributed by atoms with E-state index in [4.69, 9.17) is 0 Å². The first-order valence-electron chi connectivity index (χ1n) is 6.60. The van der Waals surface area contributed by atoms with Crippen molar-refractivity contribution in [3.63, 3.8) is 0 Å². The van der Waals surface area contributed by atoms with Crippen LogP contribution in [0.2, 0.25) is 0 Å². The van der Waals surface area contributed by atoms with E-state index in [0.29, 0.717) is 12.2 Å². The van der Waals surface area contributed by atoms with Crippen molar-refractivity contribution in [1.82, 2.24) is 9.88 Å². The molecule has 1 aromatic heterocycles. The second-order valence-electron chi connectivity index (χ2n) is 5.08. The van der Waals surface area contributed by atoms with Gasteiger partial charge in [0.1, 0.15) is 5.69 Å². The number of anilines is 1. The van der Waals surface area contributed by atoms with Crippen LogP contribution in [0.25, 0.3) is 0 Å². The summed E-state index contributed by atoms with van der Waals surface area (Å²) in [5, 5.41) is 0. The lowest BCUT2D eigenvalue weighted by Crippen LogP contribution is -2.26. The van der Waals surface area contributed by atoms with Gasteiger partial charge in [0.15, 0.2) is 0 Å². The number of pyridine rings is 1. The van der Waals surface area contributed by atoms with Crippen LogP contribution in [0.3, 0.4) is 0 Å². The Hall–Kier alpha value is -1.88. The van der Waals surface area contributed by atoms with Gasteiger partial charge in [0.25, 0.3) is 5.91 Å². The smallest absolute Gasteiger partial charge is 0.272 e. The van der Waals surface area contributed by atoms with Gasteiger partial charge in [-0.05, 0) is 45.8 Å². The number of amides is 1. The second-order valence-corrected chi connectivity index (χ2v) is 6.00. The third kappa shape index (κ3) is 4.04. The van der Waals surface area contributed by atoms with Crippen molar-refractivity contribution in [2.24, 2.45) is 0 Å². The van der Waals surface area contributed by atoms with Crippen LogP contribution in [0.15, 0.2) is 47.1 Å². The number of carbonyl (C=O) groups is 1. The van der Waals surface area contributed by atoms with E-state index in [2.05, 4.69) is 20.9 Å².